The van der Waals surface area contributed by atoms with Crippen LogP contribution in [0.15, 0.2) is 59.6 Å². The summed E-state index contributed by atoms with van der Waals surface area (Å²) in [4.78, 5) is 11.2. The molecule has 1 spiro atoms. The zero-order valence-electron chi connectivity index (χ0n) is 19.9. The van der Waals surface area contributed by atoms with Crippen molar-refractivity contribution < 1.29 is 4.74 Å². The molecule has 2 aliphatic rings. The minimum absolute atomic E-state index is 0.681. The SMILES string of the molecule is CC1=Nc2cc(N(C)C)ccc2C2(O1)c1ccc(N(C)C)cc1-c1cc(N(C)C)ccc12. The minimum Gasteiger partial charge on any atom is -0.460 e. The number of hydrogen-bond acceptors (Lipinski definition) is 5. The van der Waals surface area contributed by atoms with E-state index in [-0.39, 0.29) is 0 Å². The molecule has 5 nitrogen and oxygen atoms in total. The molecule has 0 radical (unpaired) electrons. The molecule has 0 atom stereocenters. The highest BCUT2D eigenvalue weighted by atomic mass is 16.5. The van der Waals surface area contributed by atoms with E-state index in [0.29, 0.717) is 5.90 Å². The van der Waals surface area contributed by atoms with Gasteiger partial charge in [0.2, 0.25) is 0 Å². The molecule has 0 unspecified atom stereocenters. The lowest BCUT2D eigenvalue weighted by Crippen LogP contribution is -2.35. The molecule has 32 heavy (non-hydrogen) atoms. The molecule has 0 bridgehead atoms. The van der Waals surface area contributed by atoms with Crippen molar-refractivity contribution in [3.8, 4) is 11.1 Å². The van der Waals surface area contributed by atoms with Crippen molar-refractivity contribution in [3.05, 3.63) is 71.3 Å². The van der Waals surface area contributed by atoms with Gasteiger partial charge in [0.15, 0.2) is 11.5 Å². The molecule has 0 saturated heterocycles. The van der Waals surface area contributed by atoms with Crippen LogP contribution in [-0.4, -0.2) is 48.2 Å². The molecule has 0 aromatic heterocycles. The molecule has 0 N–H and O–H groups in total. The molecule has 1 aliphatic carbocycles. The molecule has 164 valence electrons. The van der Waals surface area contributed by atoms with E-state index in [0.717, 1.165) is 16.9 Å². The van der Waals surface area contributed by atoms with Gasteiger partial charge in [-0.2, -0.15) is 0 Å². The number of anilines is 3. The highest BCUT2D eigenvalue weighted by Crippen LogP contribution is 2.58. The molecule has 5 rings (SSSR count). The van der Waals surface area contributed by atoms with Crippen molar-refractivity contribution in [2.24, 2.45) is 4.99 Å². The number of rotatable bonds is 3. The fourth-order valence-corrected chi connectivity index (χ4v) is 4.88. The number of hydrogen-bond donors (Lipinski definition) is 0. The van der Waals surface area contributed by atoms with Crippen LogP contribution in [0, 0.1) is 0 Å². The van der Waals surface area contributed by atoms with Crippen molar-refractivity contribution in [1.82, 2.24) is 0 Å². The molecule has 1 heterocycles. The van der Waals surface area contributed by atoms with Crippen LogP contribution in [0.1, 0.15) is 23.6 Å². The summed E-state index contributed by atoms with van der Waals surface area (Å²) in [5, 5.41) is 0. The minimum atomic E-state index is -0.702. The Morgan fingerprint density at radius 2 is 1.06 bits per heavy atom. The third-order valence-corrected chi connectivity index (χ3v) is 6.54. The quantitative estimate of drug-likeness (QED) is 0.573. The Hall–Kier alpha value is -3.47. The van der Waals surface area contributed by atoms with E-state index in [2.05, 4.69) is 112 Å². The van der Waals surface area contributed by atoms with E-state index in [1.165, 1.54) is 33.6 Å². The van der Waals surface area contributed by atoms with Gasteiger partial charge in [-0.25, -0.2) is 4.99 Å². The van der Waals surface area contributed by atoms with Gasteiger partial charge in [-0.3, -0.25) is 0 Å². The first-order chi connectivity index (χ1) is 15.2. The summed E-state index contributed by atoms with van der Waals surface area (Å²) in [6, 6.07) is 19.9. The van der Waals surface area contributed by atoms with Crippen LogP contribution >= 0.6 is 0 Å². The molecule has 0 fully saturated rings. The lowest BCUT2D eigenvalue weighted by Gasteiger charge is -2.37. The predicted octanol–water partition coefficient (Wildman–Crippen LogP) is 5.24. The van der Waals surface area contributed by atoms with Gasteiger partial charge in [0.05, 0.1) is 5.69 Å². The monoisotopic (exact) mass is 426 g/mol. The number of aliphatic imine (C=N–C) groups is 1. The van der Waals surface area contributed by atoms with Crippen molar-refractivity contribution in [2.45, 2.75) is 12.5 Å². The summed E-state index contributed by atoms with van der Waals surface area (Å²) in [7, 11) is 12.4. The average molecular weight is 427 g/mol. The van der Waals surface area contributed by atoms with E-state index >= 15 is 0 Å². The summed E-state index contributed by atoms with van der Waals surface area (Å²) >= 11 is 0. The molecular weight excluding hydrogens is 396 g/mol. The van der Waals surface area contributed by atoms with Crippen LogP contribution in [0.2, 0.25) is 0 Å². The van der Waals surface area contributed by atoms with E-state index in [1.807, 2.05) is 6.92 Å². The molecule has 3 aromatic carbocycles. The van der Waals surface area contributed by atoms with Crippen LogP contribution in [0.5, 0.6) is 0 Å². The summed E-state index contributed by atoms with van der Waals surface area (Å²) < 4.78 is 6.72. The largest absolute Gasteiger partial charge is 0.460 e. The molecule has 0 amide bonds. The van der Waals surface area contributed by atoms with Crippen molar-refractivity contribution >= 4 is 28.6 Å². The Bertz CT molecular complexity index is 1200. The van der Waals surface area contributed by atoms with Crippen LogP contribution in [0.4, 0.5) is 22.7 Å². The van der Waals surface area contributed by atoms with Crippen LogP contribution < -0.4 is 14.7 Å². The fraction of sp³-hybridized carbons (Fsp3) is 0.296. The van der Waals surface area contributed by atoms with Crippen molar-refractivity contribution in [1.29, 1.82) is 0 Å². The second kappa shape index (κ2) is 7.02. The Balaban J connectivity index is 1.85. The van der Waals surface area contributed by atoms with Gasteiger partial charge in [-0.15, -0.1) is 0 Å². The lowest BCUT2D eigenvalue weighted by molar-refractivity contribution is 0.140. The molecular formula is C27H30N4O. The first-order valence-electron chi connectivity index (χ1n) is 10.9. The van der Waals surface area contributed by atoms with E-state index in [1.54, 1.807) is 0 Å². The second-order valence-electron chi connectivity index (χ2n) is 9.26. The van der Waals surface area contributed by atoms with Gasteiger partial charge < -0.3 is 19.4 Å². The zero-order valence-corrected chi connectivity index (χ0v) is 19.9. The molecule has 1 aliphatic heterocycles. The topological polar surface area (TPSA) is 31.3 Å². The Morgan fingerprint density at radius 1 is 0.625 bits per heavy atom. The third kappa shape index (κ3) is 2.80. The van der Waals surface area contributed by atoms with Crippen LogP contribution in [0.25, 0.3) is 11.1 Å². The van der Waals surface area contributed by atoms with Gasteiger partial charge in [0, 0.05) is 83.0 Å². The van der Waals surface area contributed by atoms with Crippen molar-refractivity contribution in [2.75, 3.05) is 57.0 Å². The highest BCUT2D eigenvalue weighted by molar-refractivity contribution is 5.92. The van der Waals surface area contributed by atoms with E-state index in [9.17, 15) is 0 Å². The molecule has 0 saturated carbocycles. The Morgan fingerprint density at radius 3 is 1.53 bits per heavy atom. The zero-order chi connectivity index (χ0) is 22.8. The highest BCUT2D eigenvalue weighted by Gasteiger charge is 2.50. The lowest BCUT2D eigenvalue weighted by atomic mass is 9.82. The van der Waals surface area contributed by atoms with Crippen molar-refractivity contribution in [3.63, 3.8) is 0 Å². The smallest absolute Gasteiger partial charge is 0.189 e. The standard InChI is InChI=1S/C27H30N4O/c1-17-28-26-16-20(31(6)7)10-13-25(26)27(32-17)23-11-8-18(29(2)3)14-21(23)22-15-19(30(4)5)9-12-24(22)27/h8-16H,1-7H3. The summed E-state index contributed by atoms with van der Waals surface area (Å²) in [5.41, 5.74) is 9.59. The average Bonchev–Trinajstić information content (AvgIpc) is 3.02. The second-order valence-corrected chi connectivity index (χ2v) is 9.26. The normalized spacial score (nSPS) is 14.8. The van der Waals surface area contributed by atoms with E-state index in [4.69, 9.17) is 9.73 Å². The maximum Gasteiger partial charge on any atom is 0.189 e. The predicted molar refractivity (Wildman–Crippen MR) is 135 cm³/mol. The van der Waals surface area contributed by atoms with Crippen LogP contribution in [-0.2, 0) is 10.3 Å². The molecule has 3 aromatic rings. The molecule has 5 heteroatoms. The van der Waals surface area contributed by atoms with Gasteiger partial charge in [0.25, 0.3) is 0 Å². The summed E-state index contributed by atoms with van der Waals surface area (Å²) in [6.07, 6.45) is 0. The van der Waals surface area contributed by atoms with Gasteiger partial charge in [-0.1, -0.05) is 18.2 Å². The van der Waals surface area contributed by atoms with Gasteiger partial charge >= 0.3 is 0 Å². The number of ether oxygens (including phenoxy) is 1. The number of nitrogens with zero attached hydrogens (tertiary/aromatic N) is 4. The van der Waals surface area contributed by atoms with Gasteiger partial charge in [0.1, 0.15) is 0 Å². The summed E-state index contributed by atoms with van der Waals surface area (Å²) in [5.74, 6) is 0.681. The summed E-state index contributed by atoms with van der Waals surface area (Å²) in [6.45, 7) is 1.95. The number of fused-ring (bicyclic) bond motifs is 7. The first kappa shape index (κ1) is 20.4. The Labute approximate surface area is 190 Å². The maximum absolute atomic E-state index is 6.72. The van der Waals surface area contributed by atoms with E-state index < -0.39 is 5.60 Å². The Kier molecular flexibility index (Phi) is 4.48. The number of benzene rings is 3. The fourth-order valence-electron chi connectivity index (χ4n) is 4.88. The first-order valence-corrected chi connectivity index (χ1v) is 10.9. The third-order valence-electron chi connectivity index (χ3n) is 6.54. The van der Waals surface area contributed by atoms with Gasteiger partial charge in [-0.05, 0) is 47.5 Å². The van der Waals surface area contributed by atoms with Crippen LogP contribution in [0.3, 0.4) is 0 Å². The maximum atomic E-state index is 6.72.